The van der Waals surface area contributed by atoms with Gasteiger partial charge in [-0.15, -0.1) is 0 Å². The molecule has 1 aliphatic rings. The van der Waals surface area contributed by atoms with Crippen molar-refractivity contribution in [3.8, 4) is 0 Å². The minimum atomic E-state index is -0.222. The van der Waals surface area contributed by atoms with Crippen LogP contribution in [0, 0.1) is 0 Å². The van der Waals surface area contributed by atoms with Gasteiger partial charge in [-0.1, -0.05) is 42.5 Å². The Labute approximate surface area is 162 Å². The van der Waals surface area contributed by atoms with E-state index in [0.717, 1.165) is 36.5 Å². The predicted molar refractivity (Wildman–Crippen MR) is 105 cm³/mol. The molecule has 1 atom stereocenters. The summed E-state index contributed by atoms with van der Waals surface area (Å²) in [6, 6.07) is 17.7. The Morgan fingerprint density at radius 1 is 1.12 bits per heavy atom. The maximum atomic E-state index is 12.4. The third-order valence-electron chi connectivity index (χ3n) is 4.55. The van der Waals surface area contributed by atoms with E-state index in [2.05, 4.69) is 38.6 Å². The smallest absolute Gasteiger partial charge is 0.272 e. The van der Waals surface area contributed by atoms with E-state index in [9.17, 15) is 4.79 Å². The molecule has 2 aromatic rings. The number of hydrogen-bond acceptors (Lipinski definition) is 3. The second-order valence-corrected chi connectivity index (χ2v) is 7.14. The molecule has 1 aliphatic heterocycles. The third kappa shape index (κ3) is 4.58. The summed E-state index contributed by atoms with van der Waals surface area (Å²) < 4.78 is 6.25. The summed E-state index contributed by atoms with van der Waals surface area (Å²) in [5.74, 6) is -0.222. The topological polar surface area (TPSA) is 55.1 Å². The molecule has 2 aromatic carbocycles. The zero-order chi connectivity index (χ0) is 18.4. The molecule has 1 heterocycles. The molecule has 0 spiro atoms. The average Bonchev–Trinajstić information content (AvgIpc) is 2.68. The molecule has 1 fully saturated rings. The Kier molecular flexibility index (Phi) is 6.55. The van der Waals surface area contributed by atoms with E-state index in [4.69, 9.17) is 4.74 Å². The van der Waals surface area contributed by atoms with Crippen molar-refractivity contribution in [1.82, 2.24) is 5.43 Å². The van der Waals surface area contributed by atoms with E-state index in [1.165, 1.54) is 10.5 Å². The summed E-state index contributed by atoms with van der Waals surface area (Å²) in [6.07, 6.45) is 0. The van der Waals surface area contributed by atoms with Crippen LogP contribution in [-0.4, -0.2) is 37.9 Å². The van der Waals surface area contributed by atoms with E-state index in [-0.39, 0.29) is 11.9 Å². The van der Waals surface area contributed by atoms with Crippen molar-refractivity contribution >= 4 is 27.5 Å². The van der Waals surface area contributed by atoms with Crippen LogP contribution in [0.3, 0.4) is 0 Å². The summed E-state index contributed by atoms with van der Waals surface area (Å²) >= 11 is 3.40. The molecule has 1 saturated heterocycles. The molecule has 0 aromatic heterocycles. The first-order valence-corrected chi connectivity index (χ1v) is 9.52. The van der Waals surface area contributed by atoms with Gasteiger partial charge < -0.3 is 9.64 Å². The van der Waals surface area contributed by atoms with Gasteiger partial charge in [-0.05, 0) is 35.0 Å². The maximum Gasteiger partial charge on any atom is 0.272 e. The summed E-state index contributed by atoms with van der Waals surface area (Å²) in [7, 11) is 0. The molecule has 0 bridgehead atoms. The van der Waals surface area contributed by atoms with Crippen LogP contribution in [0.1, 0.15) is 28.9 Å². The molecule has 2 N–H and O–H groups in total. The zero-order valence-corrected chi connectivity index (χ0v) is 16.3. The van der Waals surface area contributed by atoms with Crippen molar-refractivity contribution in [2.45, 2.75) is 13.0 Å². The molecule has 6 heteroatoms. The number of carbonyl (C=O) groups is 1. The molecule has 1 amide bonds. The fraction of sp³-hybridized carbons (Fsp3) is 0.300. The molecule has 0 saturated carbocycles. The Hall–Kier alpha value is -2.02. The monoisotopic (exact) mass is 416 g/mol. The van der Waals surface area contributed by atoms with E-state index < -0.39 is 0 Å². The van der Waals surface area contributed by atoms with Gasteiger partial charge in [0.2, 0.25) is 0 Å². The summed E-state index contributed by atoms with van der Waals surface area (Å²) in [5, 5.41) is 4.43. The number of rotatable bonds is 5. The Balaban J connectivity index is 1.80. The van der Waals surface area contributed by atoms with Crippen LogP contribution in [0.5, 0.6) is 0 Å². The number of quaternary nitrogens is 1. The Morgan fingerprint density at radius 3 is 2.46 bits per heavy atom. The molecule has 136 valence electrons. The standard InChI is InChI=1S/C20H22BrN3O2/c1-15(22-23-20(25)17-9-5-6-10-18(17)21)19(16-7-3-2-4-8-16)24-11-13-26-14-12-24/h2-10,19H,11-14H2,1H3,(H,23,25)/p+1/b22-15-/t19-/m0/s1. The van der Waals surface area contributed by atoms with Crippen molar-refractivity contribution in [2.75, 3.05) is 26.3 Å². The molecule has 0 radical (unpaired) electrons. The average molecular weight is 417 g/mol. The number of hydrogen-bond donors (Lipinski definition) is 2. The van der Waals surface area contributed by atoms with Crippen LogP contribution in [0.25, 0.3) is 0 Å². The lowest BCUT2D eigenvalue weighted by Crippen LogP contribution is -3.15. The van der Waals surface area contributed by atoms with Gasteiger partial charge in [0.1, 0.15) is 13.1 Å². The quantitative estimate of drug-likeness (QED) is 0.579. The highest BCUT2D eigenvalue weighted by Crippen LogP contribution is 2.16. The maximum absolute atomic E-state index is 12.4. The van der Waals surface area contributed by atoms with Crippen molar-refractivity contribution in [3.63, 3.8) is 0 Å². The second-order valence-electron chi connectivity index (χ2n) is 6.29. The molecule has 0 unspecified atom stereocenters. The molecule has 3 rings (SSSR count). The van der Waals surface area contributed by atoms with Crippen LogP contribution in [0.2, 0.25) is 0 Å². The Morgan fingerprint density at radius 2 is 1.77 bits per heavy atom. The third-order valence-corrected chi connectivity index (χ3v) is 5.24. The molecule has 5 nitrogen and oxygen atoms in total. The lowest BCUT2D eigenvalue weighted by molar-refractivity contribution is -0.928. The summed E-state index contributed by atoms with van der Waals surface area (Å²) in [4.78, 5) is 13.8. The number of hydrazone groups is 1. The van der Waals surface area contributed by atoms with Crippen molar-refractivity contribution in [2.24, 2.45) is 5.10 Å². The van der Waals surface area contributed by atoms with Gasteiger partial charge in [0.15, 0.2) is 6.04 Å². The Bertz CT molecular complexity index is 774. The number of benzene rings is 2. The highest BCUT2D eigenvalue weighted by atomic mass is 79.9. The van der Waals surface area contributed by atoms with Crippen molar-refractivity contribution in [1.29, 1.82) is 0 Å². The fourth-order valence-electron chi connectivity index (χ4n) is 3.25. The van der Waals surface area contributed by atoms with Gasteiger partial charge in [-0.25, -0.2) is 5.43 Å². The number of halogens is 1. The van der Waals surface area contributed by atoms with Crippen LogP contribution in [0.4, 0.5) is 0 Å². The van der Waals surface area contributed by atoms with Crippen molar-refractivity contribution < 1.29 is 14.4 Å². The molecule has 0 aliphatic carbocycles. The van der Waals surface area contributed by atoms with Gasteiger partial charge in [0, 0.05) is 10.0 Å². The number of nitrogens with one attached hydrogen (secondary N) is 2. The molecule has 26 heavy (non-hydrogen) atoms. The highest BCUT2D eigenvalue weighted by molar-refractivity contribution is 9.10. The summed E-state index contributed by atoms with van der Waals surface area (Å²) in [5.41, 5.74) is 5.35. The number of morpholine rings is 1. The first kappa shape index (κ1) is 18.8. The minimum absolute atomic E-state index is 0.0969. The summed E-state index contributed by atoms with van der Waals surface area (Å²) in [6.45, 7) is 5.31. The van der Waals surface area contributed by atoms with Gasteiger partial charge in [0.05, 0.1) is 24.5 Å². The van der Waals surface area contributed by atoms with Crippen molar-refractivity contribution in [3.05, 3.63) is 70.2 Å². The van der Waals surface area contributed by atoms with Crippen LogP contribution in [0.15, 0.2) is 64.2 Å². The zero-order valence-electron chi connectivity index (χ0n) is 14.7. The van der Waals surface area contributed by atoms with E-state index in [1.807, 2.05) is 43.3 Å². The van der Waals surface area contributed by atoms with Crippen LogP contribution in [-0.2, 0) is 4.74 Å². The first-order chi connectivity index (χ1) is 12.7. The van der Waals surface area contributed by atoms with E-state index in [0.29, 0.717) is 5.56 Å². The normalized spacial score (nSPS) is 16.9. The minimum Gasteiger partial charge on any atom is -0.370 e. The number of ether oxygens (including phenoxy) is 1. The van der Waals surface area contributed by atoms with Gasteiger partial charge >= 0.3 is 0 Å². The van der Waals surface area contributed by atoms with Crippen LogP contribution >= 0.6 is 15.9 Å². The lowest BCUT2D eigenvalue weighted by atomic mass is 10.0. The van der Waals surface area contributed by atoms with Gasteiger partial charge in [-0.2, -0.15) is 5.10 Å². The van der Waals surface area contributed by atoms with Gasteiger partial charge in [0.25, 0.3) is 5.91 Å². The SMILES string of the molecule is C/C(=N/NC(=O)c1ccccc1Br)[C@@H](c1ccccc1)[NH+]1CCOCC1. The fourth-order valence-corrected chi connectivity index (χ4v) is 3.71. The first-order valence-electron chi connectivity index (χ1n) is 8.73. The lowest BCUT2D eigenvalue weighted by Gasteiger charge is -2.31. The van der Waals surface area contributed by atoms with E-state index in [1.54, 1.807) is 6.07 Å². The number of amides is 1. The number of carbonyl (C=O) groups excluding carboxylic acids is 1. The highest BCUT2D eigenvalue weighted by Gasteiger charge is 2.29. The molecular weight excluding hydrogens is 394 g/mol. The van der Waals surface area contributed by atoms with Crippen LogP contribution < -0.4 is 10.3 Å². The predicted octanol–water partition coefficient (Wildman–Crippen LogP) is 2.21. The number of nitrogens with zero attached hydrogens (tertiary/aromatic N) is 1. The second kappa shape index (κ2) is 9.07. The molecular formula is C20H23BrN3O2+. The largest absolute Gasteiger partial charge is 0.370 e. The van der Waals surface area contributed by atoms with E-state index >= 15 is 0 Å². The van der Waals surface area contributed by atoms with Gasteiger partial charge in [-0.3, -0.25) is 4.79 Å².